The highest BCUT2D eigenvalue weighted by Crippen LogP contribution is 2.25. The molecule has 0 atom stereocenters. The zero-order valence-electron chi connectivity index (χ0n) is 15.5. The van der Waals surface area contributed by atoms with E-state index in [1.165, 1.54) is 7.05 Å². The predicted octanol–water partition coefficient (Wildman–Crippen LogP) is 5.90. The summed E-state index contributed by atoms with van der Waals surface area (Å²) in [7, 11) is 1.54. The van der Waals surface area contributed by atoms with Gasteiger partial charge in [0.1, 0.15) is 5.75 Å². The Morgan fingerprint density at radius 1 is 0.964 bits per heavy atom. The molecular weight excluding hydrogens is 399 g/mol. The highest BCUT2D eigenvalue weighted by atomic mass is 35.5. The number of hydrogen-bond acceptors (Lipinski definition) is 3. The Morgan fingerprint density at radius 3 is 2.36 bits per heavy atom. The van der Waals surface area contributed by atoms with Crippen LogP contribution in [0.25, 0.3) is 10.8 Å². The van der Waals surface area contributed by atoms with Crippen molar-refractivity contribution in [3.8, 4) is 5.75 Å². The Labute approximate surface area is 173 Å². The van der Waals surface area contributed by atoms with Crippen LogP contribution in [0.3, 0.4) is 0 Å². The van der Waals surface area contributed by atoms with E-state index in [0.717, 1.165) is 10.8 Å². The molecule has 3 rings (SSSR count). The van der Waals surface area contributed by atoms with Crippen molar-refractivity contribution in [3.05, 3.63) is 70.7 Å². The van der Waals surface area contributed by atoms with Crippen LogP contribution in [0.2, 0.25) is 10.0 Å². The van der Waals surface area contributed by atoms with Crippen molar-refractivity contribution < 1.29 is 14.3 Å². The van der Waals surface area contributed by atoms with E-state index in [9.17, 15) is 9.59 Å². The second-order valence-corrected chi connectivity index (χ2v) is 6.46. The van der Waals surface area contributed by atoms with E-state index in [2.05, 4.69) is 10.6 Å². The third-order valence-electron chi connectivity index (χ3n) is 3.68. The van der Waals surface area contributed by atoms with Gasteiger partial charge in [-0.05, 0) is 29.7 Å². The minimum atomic E-state index is -0.452. The summed E-state index contributed by atoms with van der Waals surface area (Å²) in [5.74, 6) is 0.533. The molecular formula is C21H20Cl2N2O3. The fourth-order valence-electron chi connectivity index (χ4n) is 2.26. The zero-order chi connectivity index (χ0) is 20.5. The molecule has 0 saturated heterocycles. The summed E-state index contributed by atoms with van der Waals surface area (Å²) >= 11 is 11.5. The smallest absolute Gasteiger partial charge is 0.410 e. The Kier molecular flexibility index (Phi) is 8.11. The lowest BCUT2D eigenvalue weighted by Crippen LogP contribution is -2.22. The van der Waals surface area contributed by atoms with Crippen molar-refractivity contribution in [2.45, 2.75) is 13.3 Å². The summed E-state index contributed by atoms with van der Waals surface area (Å²) in [6, 6.07) is 18.4. The van der Waals surface area contributed by atoms with Crippen molar-refractivity contribution in [1.82, 2.24) is 5.32 Å². The second-order valence-electron chi connectivity index (χ2n) is 5.65. The maximum absolute atomic E-state index is 11.1. The molecule has 2 amide bonds. The fourth-order valence-corrected chi connectivity index (χ4v) is 2.56. The molecule has 3 aromatic rings. The molecule has 5 nitrogen and oxygen atoms in total. The lowest BCUT2D eigenvalue weighted by atomic mass is 10.1. The lowest BCUT2D eigenvalue weighted by molar-refractivity contribution is -0.115. The van der Waals surface area contributed by atoms with Crippen molar-refractivity contribution in [2.75, 3.05) is 12.4 Å². The van der Waals surface area contributed by atoms with E-state index in [1.807, 2.05) is 36.4 Å². The molecule has 0 saturated carbocycles. The molecule has 0 bridgehead atoms. The van der Waals surface area contributed by atoms with Gasteiger partial charge in [0.05, 0.1) is 10.0 Å². The van der Waals surface area contributed by atoms with Crippen LogP contribution < -0.4 is 15.4 Å². The average Bonchev–Trinajstić information content (AvgIpc) is 2.71. The van der Waals surface area contributed by atoms with Crippen molar-refractivity contribution >= 4 is 51.7 Å². The van der Waals surface area contributed by atoms with Crippen molar-refractivity contribution in [1.29, 1.82) is 0 Å². The summed E-state index contributed by atoms with van der Waals surface area (Å²) in [5, 5.41) is 8.01. The predicted molar refractivity (Wildman–Crippen MR) is 114 cm³/mol. The highest BCUT2D eigenvalue weighted by Gasteiger charge is 2.05. The summed E-state index contributed by atoms with van der Waals surface area (Å²) < 4.78 is 5.13. The number of fused-ring (bicyclic) bond motifs is 1. The minimum Gasteiger partial charge on any atom is -0.410 e. The summed E-state index contributed by atoms with van der Waals surface area (Å²) in [4.78, 5) is 22.1. The number of nitrogens with one attached hydrogen (secondary N) is 2. The minimum absolute atomic E-state index is 0.0432. The maximum Gasteiger partial charge on any atom is 0.412 e. The number of carbonyl (C=O) groups is 2. The van der Waals surface area contributed by atoms with E-state index >= 15 is 0 Å². The van der Waals surface area contributed by atoms with Gasteiger partial charge in [0.2, 0.25) is 5.91 Å². The SMILES string of the molecule is CCC(=O)Nc1ccc(Cl)c(Cl)c1.CNC(=O)Oc1cccc2ccccc12. The number of ether oxygens (including phenoxy) is 1. The lowest BCUT2D eigenvalue weighted by Gasteiger charge is -2.06. The van der Waals surface area contributed by atoms with Gasteiger partial charge in [-0.25, -0.2) is 4.79 Å². The van der Waals surface area contributed by atoms with Crippen LogP contribution in [-0.4, -0.2) is 19.0 Å². The quantitative estimate of drug-likeness (QED) is 0.556. The molecule has 0 heterocycles. The molecule has 146 valence electrons. The van der Waals surface area contributed by atoms with Crippen LogP contribution in [0, 0.1) is 0 Å². The molecule has 3 aromatic carbocycles. The molecule has 0 aliphatic carbocycles. The molecule has 28 heavy (non-hydrogen) atoms. The normalized spacial score (nSPS) is 9.86. The van der Waals surface area contributed by atoms with Crippen LogP contribution in [-0.2, 0) is 4.79 Å². The second kappa shape index (κ2) is 10.5. The van der Waals surface area contributed by atoms with Crippen LogP contribution in [0.5, 0.6) is 5.75 Å². The Balaban J connectivity index is 0.000000203. The molecule has 0 spiro atoms. The molecule has 0 unspecified atom stereocenters. The van der Waals surface area contributed by atoms with Gasteiger partial charge in [0, 0.05) is 24.5 Å². The Morgan fingerprint density at radius 2 is 1.68 bits per heavy atom. The summed E-state index contributed by atoms with van der Waals surface area (Å²) in [5.41, 5.74) is 0.668. The Bertz CT molecular complexity index is 972. The maximum atomic E-state index is 11.1. The molecule has 7 heteroatoms. The molecule has 0 radical (unpaired) electrons. The highest BCUT2D eigenvalue weighted by molar-refractivity contribution is 6.42. The van der Waals surface area contributed by atoms with Crippen LogP contribution in [0.4, 0.5) is 10.5 Å². The largest absolute Gasteiger partial charge is 0.412 e. The van der Waals surface area contributed by atoms with Crippen molar-refractivity contribution in [3.63, 3.8) is 0 Å². The van der Waals surface area contributed by atoms with Crippen LogP contribution in [0.15, 0.2) is 60.7 Å². The first-order valence-electron chi connectivity index (χ1n) is 8.56. The Hall–Kier alpha value is -2.76. The number of rotatable bonds is 3. The zero-order valence-corrected chi connectivity index (χ0v) is 17.0. The number of amides is 2. The van der Waals surface area contributed by atoms with Gasteiger partial charge in [-0.1, -0.05) is 66.5 Å². The molecule has 0 aliphatic heterocycles. The van der Waals surface area contributed by atoms with E-state index in [4.69, 9.17) is 27.9 Å². The van der Waals surface area contributed by atoms with E-state index in [-0.39, 0.29) is 5.91 Å². The van der Waals surface area contributed by atoms with E-state index < -0.39 is 6.09 Å². The van der Waals surface area contributed by atoms with Crippen LogP contribution in [0.1, 0.15) is 13.3 Å². The number of halogens is 2. The standard InChI is InChI=1S/C12H11NO2.C9H9Cl2NO/c1-13-12(14)15-11-8-4-6-9-5-2-3-7-10(9)11;1-2-9(13)12-6-3-4-7(10)8(11)5-6/h2-8H,1H3,(H,13,14);3-5H,2H2,1H3,(H,12,13). The first-order valence-corrected chi connectivity index (χ1v) is 9.32. The van der Waals surface area contributed by atoms with E-state index in [0.29, 0.717) is 27.9 Å². The van der Waals surface area contributed by atoms with Gasteiger partial charge in [-0.15, -0.1) is 0 Å². The van der Waals surface area contributed by atoms with Gasteiger partial charge in [0.25, 0.3) is 0 Å². The molecule has 0 aromatic heterocycles. The number of hydrogen-bond donors (Lipinski definition) is 2. The number of anilines is 1. The van der Waals surface area contributed by atoms with Gasteiger partial charge in [0.15, 0.2) is 0 Å². The van der Waals surface area contributed by atoms with Gasteiger partial charge < -0.3 is 15.4 Å². The third kappa shape index (κ3) is 6.15. The first kappa shape index (κ1) is 21.5. The fraction of sp³-hybridized carbons (Fsp3) is 0.143. The number of carbonyl (C=O) groups excluding carboxylic acids is 2. The number of benzene rings is 3. The summed E-state index contributed by atoms with van der Waals surface area (Å²) in [6.07, 6.45) is -0.00776. The molecule has 2 N–H and O–H groups in total. The third-order valence-corrected chi connectivity index (χ3v) is 4.42. The van der Waals surface area contributed by atoms with Gasteiger partial charge >= 0.3 is 6.09 Å². The molecule has 0 fully saturated rings. The first-order chi connectivity index (χ1) is 13.4. The van der Waals surface area contributed by atoms with Gasteiger partial charge in [-0.2, -0.15) is 0 Å². The average molecular weight is 419 g/mol. The van der Waals surface area contributed by atoms with E-state index in [1.54, 1.807) is 31.2 Å². The topological polar surface area (TPSA) is 67.4 Å². The van der Waals surface area contributed by atoms with Crippen molar-refractivity contribution in [2.24, 2.45) is 0 Å². The molecule has 0 aliphatic rings. The van der Waals surface area contributed by atoms with Gasteiger partial charge in [-0.3, -0.25) is 4.79 Å². The summed E-state index contributed by atoms with van der Waals surface area (Å²) in [6.45, 7) is 1.78. The monoisotopic (exact) mass is 418 g/mol. The van der Waals surface area contributed by atoms with Crippen LogP contribution >= 0.6 is 23.2 Å².